The van der Waals surface area contributed by atoms with Crippen LogP contribution in [0.2, 0.25) is 0 Å². The largest absolute Gasteiger partial charge is 0.315 e. The lowest BCUT2D eigenvalue weighted by atomic mass is 10.4. The highest BCUT2D eigenvalue weighted by molar-refractivity contribution is 7.86. The van der Waals surface area contributed by atoms with Gasteiger partial charge >= 0.3 is 0 Å². The van der Waals surface area contributed by atoms with Gasteiger partial charge in [0.15, 0.2) is 0 Å². The van der Waals surface area contributed by atoms with Gasteiger partial charge in [0.05, 0.1) is 0 Å². The van der Waals surface area contributed by atoms with Crippen molar-refractivity contribution in [3.8, 4) is 0 Å². The second-order valence-corrected chi connectivity index (χ2v) is 5.87. The molecular formula is C9H22ClN3O2S. The minimum atomic E-state index is -3.22. The van der Waals surface area contributed by atoms with Gasteiger partial charge < -0.3 is 5.32 Å². The summed E-state index contributed by atoms with van der Waals surface area (Å²) in [7, 11) is -1.57. The minimum Gasteiger partial charge on any atom is -0.315 e. The molecule has 0 aromatic carbocycles. The van der Waals surface area contributed by atoms with Crippen molar-refractivity contribution in [2.75, 3.05) is 39.8 Å². The maximum absolute atomic E-state index is 12.1. The molecule has 0 saturated carbocycles. The standard InChI is InChI=1S/C9H21N3O2S.ClH/c1-3-7-11(2)15(13,14)12-8-4-5-10-6-9-12;/h10H,3-9H2,1-2H3;1H. The second kappa shape index (κ2) is 7.45. The molecule has 7 heteroatoms. The van der Waals surface area contributed by atoms with Crippen LogP contribution >= 0.6 is 12.4 Å². The summed E-state index contributed by atoms with van der Waals surface area (Å²) in [5, 5.41) is 3.20. The Labute approximate surface area is 105 Å². The van der Waals surface area contributed by atoms with E-state index in [-0.39, 0.29) is 12.4 Å². The van der Waals surface area contributed by atoms with Crippen LogP contribution in [0.1, 0.15) is 19.8 Å². The van der Waals surface area contributed by atoms with E-state index in [1.807, 2.05) is 6.92 Å². The van der Waals surface area contributed by atoms with E-state index in [0.29, 0.717) is 19.6 Å². The zero-order valence-electron chi connectivity index (χ0n) is 9.98. The highest BCUT2D eigenvalue weighted by Crippen LogP contribution is 2.08. The molecule has 1 N–H and O–H groups in total. The van der Waals surface area contributed by atoms with Crippen molar-refractivity contribution in [3.63, 3.8) is 0 Å². The van der Waals surface area contributed by atoms with Crippen molar-refractivity contribution in [2.45, 2.75) is 19.8 Å². The van der Waals surface area contributed by atoms with Gasteiger partial charge in [-0.15, -0.1) is 12.4 Å². The van der Waals surface area contributed by atoms with Gasteiger partial charge in [0.25, 0.3) is 10.2 Å². The quantitative estimate of drug-likeness (QED) is 0.800. The Morgan fingerprint density at radius 2 is 2.00 bits per heavy atom. The Morgan fingerprint density at radius 1 is 1.31 bits per heavy atom. The molecular weight excluding hydrogens is 250 g/mol. The lowest BCUT2D eigenvalue weighted by molar-refractivity contribution is 0.370. The minimum absolute atomic E-state index is 0. The van der Waals surface area contributed by atoms with Gasteiger partial charge in [-0.3, -0.25) is 0 Å². The highest BCUT2D eigenvalue weighted by atomic mass is 35.5. The maximum Gasteiger partial charge on any atom is 0.281 e. The van der Waals surface area contributed by atoms with Crippen molar-refractivity contribution in [3.05, 3.63) is 0 Å². The third-order valence-corrected chi connectivity index (χ3v) is 4.55. The predicted octanol–water partition coefficient (Wildman–Crippen LogP) is 0.290. The fraction of sp³-hybridized carbons (Fsp3) is 1.00. The molecule has 0 spiro atoms. The van der Waals surface area contributed by atoms with Gasteiger partial charge in [-0.2, -0.15) is 17.0 Å². The van der Waals surface area contributed by atoms with Crippen molar-refractivity contribution in [1.82, 2.24) is 13.9 Å². The van der Waals surface area contributed by atoms with Gasteiger partial charge in [-0.25, -0.2) is 0 Å². The Hall–Kier alpha value is 0.120. The van der Waals surface area contributed by atoms with E-state index in [1.54, 1.807) is 11.4 Å². The normalized spacial score (nSPS) is 19.2. The van der Waals surface area contributed by atoms with Crippen LogP contribution in [0.25, 0.3) is 0 Å². The third-order valence-electron chi connectivity index (χ3n) is 2.56. The average molecular weight is 272 g/mol. The fourth-order valence-electron chi connectivity index (χ4n) is 1.68. The number of hydrogen-bond donors (Lipinski definition) is 1. The van der Waals surface area contributed by atoms with E-state index in [1.165, 1.54) is 4.31 Å². The molecule has 0 aliphatic carbocycles. The molecule has 16 heavy (non-hydrogen) atoms. The summed E-state index contributed by atoms with van der Waals surface area (Å²) in [4.78, 5) is 0. The van der Waals surface area contributed by atoms with E-state index < -0.39 is 10.2 Å². The van der Waals surface area contributed by atoms with Crippen LogP contribution in [0, 0.1) is 0 Å². The van der Waals surface area contributed by atoms with E-state index in [0.717, 1.165) is 25.9 Å². The summed E-state index contributed by atoms with van der Waals surface area (Å²) in [5.41, 5.74) is 0. The lowest BCUT2D eigenvalue weighted by Gasteiger charge is -2.25. The molecule has 1 saturated heterocycles. The first-order valence-electron chi connectivity index (χ1n) is 5.51. The van der Waals surface area contributed by atoms with Gasteiger partial charge in [-0.05, 0) is 19.4 Å². The number of rotatable bonds is 4. The van der Waals surface area contributed by atoms with E-state index in [4.69, 9.17) is 0 Å². The molecule has 1 aliphatic heterocycles. The predicted molar refractivity (Wildman–Crippen MR) is 68.1 cm³/mol. The molecule has 0 aromatic rings. The molecule has 0 unspecified atom stereocenters. The summed E-state index contributed by atoms with van der Waals surface area (Å²) in [6.45, 7) is 5.44. The first-order chi connectivity index (χ1) is 7.09. The SMILES string of the molecule is CCCN(C)S(=O)(=O)N1CCCNCC1.Cl. The summed E-state index contributed by atoms with van der Waals surface area (Å²) >= 11 is 0. The van der Waals surface area contributed by atoms with Crippen molar-refractivity contribution in [1.29, 1.82) is 0 Å². The van der Waals surface area contributed by atoms with Crippen molar-refractivity contribution >= 4 is 22.6 Å². The van der Waals surface area contributed by atoms with E-state index in [9.17, 15) is 8.42 Å². The molecule has 1 aliphatic rings. The van der Waals surface area contributed by atoms with Gasteiger partial charge in [-0.1, -0.05) is 6.92 Å². The van der Waals surface area contributed by atoms with Crippen molar-refractivity contribution < 1.29 is 8.42 Å². The van der Waals surface area contributed by atoms with E-state index in [2.05, 4.69) is 5.32 Å². The molecule has 0 amide bonds. The Morgan fingerprint density at radius 3 is 2.62 bits per heavy atom. The van der Waals surface area contributed by atoms with Crippen LogP contribution in [-0.4, -0.2) is 56.8 Å². The summed E-state index contributed by atoms with van der Waals surface area (Å²) in [5.74, 6) is 0. The van der Waals surface area contributed by atoms with Crippen LogP contribution in [0.5, 0.6) is 0 Å². The van der Waals surface area contributed by atoms with Crippen LogP contribution in [-0.2, 0) is 10.2 Å². The van der Waals surface area contributed by atoms with Gasteiger partial charge in [0.2, 0.25) is 0 Å². The average Bonchev–Trinajstić information content (AvgIpc) is 2.46. The summed E-state index contributed by atoms with van der Waals surface area (Å²) in [6, 6.07) is 0. The molecule has 0 atom stereocenters. The van der Waals surface area contributed by atoms with E-state index >= 15 is 0 Å². The molecule has 1 fully saturated rings. The Bertz CT molecular complexity index is 276. The molecule has 5 nitrogen and oxygen atoms in total. The number of halogens is 1. The van der Waals surface area contributed by atoms with Crippen LogP contribution in [0.4, 0.5) is 0 Å². The monoisotopic (exact) mass is 271 g/mol. The first-order valence-corrected chi connectivity index (χ1v) is 6.91. The number of nitrogens with one attached hydrogen (secondary N) is 1. The number of nitrogens with zero attached hydrogens (tertiary/aromatic N) is 2. The van der Waals surface area contributed by atoms with Gasteiger partial charge in [0.1, 0.15) is 0 Å². The molecule has 0 bridgehead atoms. The molecule has 1 rings (SSSR count). The lowest BCUT2D eigenvalue weighted by Crippen LogP contribution is -2.43. The molecule has 1 heterocycles. The smallest absolute Gasteiger partial charge is 0.281 e. The summed E-state index contributed by atoms with van der Waals surface area (Å²) in [6.07, 6.45) is 1.74. The highest BCUT2D eigenvalue weighted by Gasteiger charge is 2.26. The topological polar surface area (TPSA) is 52.7 Å². The molecule has 0 radical (unpaired) electrons. The second-order valence-electron chi connectivity index (χ2n) is 3.83. The van der Waals surface area contributed by atoms with Gasteiger partial charge in [0, 0.05) is 33.2 Å². The number of hydrogen-bond acceptors (Lipinski definition) is 3. The zero-order chi connectivity index (χ0) is 11.3. The summed E-state index contributed by atoms with van der Waals surface area (Å²) < 4.78 is 27.1. The van der Waals surface area contributed by atoms with Crippen LogP contribution in [0.15, 0.2) is 0 Å². The zero-order valence-corrected chi connectivity index (χ0v) is 11.6. The third kappa shape index (κ3) is 4.18. The Kier molecular flexibility index (Phi) is 7.50. The first kappa shape index (κ1) is 16.1. The van der Waals surface area contributed by atoms with Crippen LogP contribution < -0.4 is 5.32 Å². The Balaban J connectivity index is 0.00000225. The van der Waals surface area contributed by atoms with Crippen LogP contribution in [0.3, 0.4) is 0 Å². The molecule has 98 valence electrons. The van der Waals surface area contributed by atoms with Crippen molar-refractivity contribution in [2.24, 2.45) is 0 Å². The molecule has 0 aromatic heterocycles. The fourth-order valence-corrected chi connectivity index (χ4v) is 3.17. The maximum atomic E-state index is 12.1.